The lowest BCUT2D eigenvalue weighted by Crippen LogP contribution is -2.53. The van der Waals surface area contributed by atoms with Gasteiger partial charge in [-0.3, -0.25) is 9.69 Å². The molecule has 0 aliphatic carbocycles. The standard InChI is InChI=1S/C21H23ClN4O2/c1-15-13-25(8-9-26(15)18-4-3-5-19(11-18)28-2)14-21(27)24-17-7-6-16(12-23)20(22)10-17/h3-7,10-11,15H,8-9,13-14H2,1-2H3,(H,24,27)/t15-/m0/s1. The first-order chi connectivity index (χ1) is 13.5. The number of ether oxygens (including phenoxy) is 1. The minimum atomic E-state index is -0.0946. The molecule has 0 aromatic heterocycles. The van der Waals surface area contributed by atoms with Crippen molar-refractivity contribution in [2.75, 3.05) is 43.5 Å². The number of anilines is 2. The lowest BCUT2D eigenvalue weighted by atomic mass is 10.1. The van der Waals surface area contributed by atoms with Crippen LogP contribution in [0.3, 0.4) is 0 Å². The van der Waals surface area contributed by atoms with Crippen LogP contribution in [-0.4, -0.2) is 50.1 Å². The molecule has 0 bridgehead atoms. The predicted octanol–water partition coefficient (Wildman–Crippen LogP) is 3.37. The van der Waals surface area contributed by atoms with Crippen LogP contribution in [0.1, 0.15) is 12.5 Å². The number of nitrogens with one attached hydrogen (secondary N) is 1. The summed E-state index contributed by atoms with van der Waals surface area (Å²) in [5, 5.41) is 12.1. The van der Waals surface area contributed by atoms with Gasteiger partial charge in [0.25, 0.3) is 0 Å². The second-order valence-electron chi connectivity index (χ2n) is 6.83. The Bertz CT molecular complexity index is 896. The number of rotatable bonds is 5. The summed E-state index contributed by atoms with van der Waals surface area (Å²) < 4.78 is 5.32. The third-order valence-corrected chi connectivity index (χ3v) is 5.15. The third-order valence-electron chi connectivity index (χ3n) is 4.84. The Balaban J connectivity index is 1.56. The van der Waals surface area contributed by atoms with Crippen molar-refractivity contribution in [3.8, 4) is 11.8 Å². The van der Waals surface area contributed by atoms with Gasteiger partial charge in [-0.05, 0) is 37.3 Å². The van der Waals surface area contributed by atoms with Gasteiger partial charge in [-0.25, -0.2) is 0 Å². The molecule has 1 amide bonds. The van der Waals surface area contributed by atoms with Gasteiger partial charge in [0.05, 0.1) is 24.2 Å². The number of nitrogens with zero attached hydrogens (tertiary/aromatic N) is 3. The summed E-state index contributed by atoms with van der Waals surface area (Å²) >= 11 is 6.02. The minimum Gasteiger partial charge on any atom is -0.497 e. The molecule has 0 radical (unpaired) electrons. The van der Waals surface area contributed by atoms with E-state index in [0.717, 1.165) is 31.1 Å². The summed E-state index contributed by atoms with van der Waals surface area (Å²) in [6.07, 6.45) is 0. The smallest absolute Gasteiger partial charge is 0.238 e. The zero-order valence-corrected chi connectivity index (χ0v) is 16.7. The monoisotopic (exact) mass is 398 g/mol. The van der Waals surface area contributed by atoms with Gasteiger partial charge in [0.1, 0.15) is 11.8 Å². The second kappa shape index (κ2) is 8.96. The maximum Gasteiger partial charge on any atom is 0.238 e. The summed E-state index contributed by atoms with van der Waals surface area (Å²) in [7, 11) is 1.67. The van der Waals surface area contributed by atoms with Crippen LogP contribution < -0.4 is 15.0 Å². The highest BCUT2D eigenvalue weighted by Gasteiger charge is 2.25. The van der Waals surface area contributed by atoms with E-state index in [9.17, 15) is 4.79 Å². The lowest BCUT2D eigenvalue weighted by Gasteiger charge is -2.41. The fraction of sp³-hybridized carbons (Fsp3) is 0.333. The van der Waals surface area contributed by atoms with E-state index in [0.29, 0.717) is 22.8 Å². The Morgan fingerprint density at radius 1 is 1.32 bits per heavy atom. The van der Waals surface area contributed by atoms with Crippen LogP contribution >= 0.6 is 11.6 Å². The van der Waals surface area contributed by atoms with Crippen molar-refractivity contribution in [2.24, 2.45) is 0 Å². The summed E-state index contributed by atoms with van der Waals surface area (Å²) in [4.78, 5) is 16.9. The van der Waals surface area contributed by atoms with Crippen LogP contribution in [-0.2, 0) is 4.79 Å². The van der Waals surface area contributed by atoms with Gasteiger partial charge in [-0.15, -0.1) is 0 Å². The predicted molar refractivity (Wildman–Crippen MR) is 111 cm³/mol. The topological polar surface area (TPSA) is 68.6 Å². The van der Waals surface area contributed by atoms with Gasteiger partial charge in [-0.2, -0.15) is 5.26 Å². The van der Waals surface area contributed by atoms with Crippen molar-refractivity contribution in [1.29, 1.82) is 5.26 Å². The number of piperazine rings is 1. The van der Waals surface area contributed by atoms with Crippen molar-refractivity contribution in [3.05, 3.63) is 53.1 Å². The number of methoxy groups -OCH3 is 1. The summed E-state index contributed by atoms with van der Waals surface area (Å²) in [6.45, 7) is 4.89. The maximum absolute atomic E-state index is 12.4. The summed E-state index contributed by atoms with van der Waals surface area (Å²) in [6, 6.07) is 15.2. The van der Waals surface area contributed by atoms with Gasteiger partial charge < -0.3 is 15.0 Å². The van der Waals surface area contributed by atoms with Crippen LogP contribution in [0.25, 0.3) is 0 Å². The van der Waals surface area contributed by atoms with Gasteiger partial charge >= 0.3 is 0 Å². The zero-order chi connectivity index (χ0) is 20.1. The molecule has 7 heteroatoms. The van der Waals surface area contributed by atoms with Gasteiger partial charge in [0, 0.05) is 43.1 Å². The van der Waals surface area contributed by atoms with Crippen molar-refractivity contribution in [2.45, 2.75) is 13.0 Å². The molecule has 2 aromatic carbocycles. The number of halogens is 1. The van der Waals surface area contributed by atoms with Gasteiger partial charge in [-0.1, -0.05) is 17.7 Å². The Kier molecular flexibility index (Phi) is 6.40. The Labute approximate surface area is 170 Å². The first-order valence-electron chi connectivity index (χ1n) is 9.12. The molecule has 3 rings (SSSR count). The summed E-state index contributed by atoms with van der Waals surface area (Å²) in [5.74, 6) is 0.746. The molecule has 0 saturated carbocycles. The SMILES string of the molecule is COc1cccc(N2CCN(CC(=O)Nc3ccc(C#N)c(Cl)c3)C[C@@H]2C)c1. The van der Waals surface area contributed by atoms with E-state index in [-0.39, 0.29) is 11.9 Å². The lowest BCUT2D eigenvalue weighted by molar-refractivity contribution is -0.117. The Morgan fingerprint density at radius 2 is 2.14 bits per heavy atom. The molecule has 1 aliphatic heterocycles. The van der Waals surface area contributed by atoms with Crippen LogP contribution in [0, 0.1) is 11.3 Å². The zero-order valence-electron chi connectivity index (χ0n) is 16.0. The molecule has 1 aliphatic rings. The van der Waals surface area contributed by atoms with Gasteiger partial charge in [0.2, 0.25) is 5.91 Å². The van der Waals surface area contributed by atoms with Crippen LogP contribution in [0.4, 0.5) is 11.4 Å². The first-order valence-corrected chi connectivity index (χ1v) is 9.50. The number of hydrogen-bond acceptors (Lipinski definition) is 5. The van der Waals surface area contributed by atoms with Gasteiger partial charge in [0.15, 0.2) is 0 Å². The van der Waals surface area contributed by atoms with Crippen molar-refractivity contribution in [3.63, 3.8) is 0 Å². The van der Waals surface area contributed by atoms with E-state index >= 15 is 0 Å². The Morgan fingerprint density at radius 3 is 2.82 bits per heavy atom. The average molecular weight is 399 g/mol. The molecular weight excluding hydrogens is 376 g/mol. The van der Waals surface area contributed by atoms with E-state index in [2.05, 4.69) is 28.1 Å². The largest absolute Gasteiger partial charge is 0.497 e. The van der Waals surface area contributed by atoms with Crippen LogP contribution in [0.15, 0.2) is 42.5 Å². The van der Waals surface area contributed by atoms with E-state index < -0.39 is 0 Å². The third kappa shape index (κ3) is 4.75. The molecule has 28 heavy (non-hydrogen) atoms. The number of carbonyl (C=O) groups excluding carboxylic acids is 1. The molecule has 1 N–H and O–H groups in total. The van der Waals surface area contributed by atoms with E-state index in [4.69, 9.17) is 21.6 Å². The average Bonchev–Trinajstić information content (AvgIpc) is 2.68. The number of benzene rings is 2. The van der Waals surface area contributed by atoms with E-state index in [1.165, 1.54) is 0 Å². The molecule has 6 nitrogen and oxygen atoms in total. The molecule has 0 unspecified atom stereocenters. The first kappa shape index (κ1) is 20.0. The van der Waals surface area contributed by atoms with E-state index in [1.54, 1.807) is 25.3 Å². The molecule has 2 aromatic rings. The van der Waals surface area contributed by atoms with E-state index in [1.807, 2.05) is 24.3 Å². The fourth-order valence-corrected chi connectivity index (χ4v) is 3.66. The Hall–Kier alpha value is -2.75. The molecule has 1 atom stereocenters. The normalized spacial score (nSPS) is 17.1. The molecule has 1 fully saturated rings. The molecule has 0 spiro atoms. The molecular formula is C21H23ClN4O2. The number of amides is 1. The quantitative estimate of drug-likeness (QED) is 0.836. The van der Waals surface area contributed by atoms with Crippen molar-refractivity contribution < 1.29 is 9.53 Å². The number of hydrogen-bond donors (Lipinski definition) is 1. The van der Waals surface area contributed by atoms with Crippen LogP contribution in [0.5, 0.6) is 5.75 Å². The highest BCUT2D eigenvalue weighted by molar-refractivity contribution is 6.32. The molecule has 1 heterocycles. The fourth-order valence-electron chi connectivity index (χ4n) is 3.44. The maximum atomic E-state index is 12.4. The van der Waals surface area contributed by atoms with Crippen molar-refractivity contribution in [1.82, 2.24) is 4.90 Å². The summed E-state index contributed by atoms with van der Waals surface area (Å²) in [5.41, 5.74) is 2.11. The minimum absolute atomic E-state index is 0.0946. The van der Waals surface area contributed by atoms with Crippen molar-refractivity contribution >= 4 is 28.9 Å². The number of nitriles is 1. The number of carbonyl (C=O) groups is 1. The molecule has 1 saturated heterocycles. The highest BCUT2D eigenvalue weighted by atomic mass is 35.5. The van der Waals surface area contributed by atoms with Crippen LogP contribution in [0.2, 0.25) is 5.02 Å². The highest BCUT2D eigenvalue weighted by Crippen LogP contribution is 2.25. The second-order valence-corrected chi connectivity index (χ2v) is 7.24. The molecule has 146 valence electrons.